The number of anilines is 2. The number of likely N-dealkylation sites (N-methyl/N-ethyl adjacent to an activating group) is 1. The molecule has 0 saturated heterocycles. The van der Waals surface area contributed by atoms with Crippen LogP contribution in [0.4, 0.5) is 25.8 Å². The number of halogens is 2. The number of benzene rings is 3. The summed E-state index contributed by atoms with van der Waals surface area (Å²) < 4.78 is 34.9. The summed E-state index contributed by atoms with van der Waals surface area (Å²) in [5.74, 6) is -1.57. The maximum absolute atomic E-state index is 14.5. The van der Waals surface area contributed by atoms with Gasteiger partial charge < -0.3 is 15.0 Å². The van der Waals surface area contributed by atoms with Gasteiger partial charge in [-0.1, -0.05) is 18.2 Å². The van der Waals surface area contributed by atoms with E-state index in [4.69, 9.17) is 9.84 Å². The zero-order valence-electron chi connectivity index (χ0n) is 19.9. The van der Waals surface area contributed by atoms with Crippen LogP contribution in [0.25, 0.3) is 11.3 Å². The summed E-state index contributed by atoms with van der Waals surface area (Å²) in [6.45, 7) is 2.26. The second-order valence-electron chi connectivity index (χ2n) is 8.49. The standard InChI is InChI=1S/C27H19F2N5O3S/c1-2-33-21-6-4-3-5-17(21)25(26(33)36)32-34-22(15-7-10-23-20(11-15)30-24(35)13-37-23)14-38-27(34)31-19-9-8-16(28)12-18(19)29/h3-12,14H,2,13H2,1H3,(H,30,35). The number of nitrogens with one attached hydrogen (secondary N) is 1. The van der Waals surface area contributed by atoms with Crippen molar-refractivity contribution in [1.82, 2.24) is 4.68 Å². The molecule has 0 bridgehead atoms. The van der Waals surface area contributed by atoms with Crippen LogP contribution < -0.4 is 19.8 Å². The molecule has 0 unspecified atom stereocenters. The highest BCUT2D eigenvalue weighted by atomic mass is 32.1. The highest BCUT2D eigenvalue weighted by Crippen LogP contribution is 2.34. The first-order chi connectivity index (χ1) is 18.4. The summed E-state index contributed by atoms with van der Waals surface area (Å²) in [5.41, 5.74) is 3.23. The van der Waals surface area contributed by atoms with Crippen molar-refractivity contribution >= 4 is 45.9 Å². The number of nitrogens with zero attached hydrogens (tertiary/aromatic N) is 4. The molecule has 6 rings (SSSR count). The summed E-state index contributed by atoms with van der Waals surface area (Å²) in [4.78, 5) is 31.5. The number of thiazole rings is 1. The minimum absolute atomic E-state index is 0.0693. The number of amides is 2. The first kappa shape index (κ1) is 23.7. The molecule has 38 heavy (non-hydrogen) atoms. The van der Waals surface area contributed by atoms with E-state index in [1.54, 1.807) is 28.5 Å². The third-order valence-corrected chi connectivity index (χ3v) is 6.95. The van der Waals surface area contributed by atoms with Gasteiger partial charge in [0.15, 0.2) is 18.1 Å². The first-order valence-corrected chi connectivity index (χ1v) is 12.6. The first-order valence-electron chi connectivity index (χ1n) is 11.7. The summed E-state index contributed by atoms with van der Waals surface area (Å²) in [6.07, 6.45) is 0. The van der Waals surface area contributed by atoms with Crippen molar-refractivity contribution in [3.8, 4) is 17.0 Å². The summed E-state index contributed by atoms with van der Waals surface area (Å²) in [7, 11) is 0. The molecular formula is C27H19F2N5O3S. The zero-order chi connectivity index (χ0) is 26.4. The molecule has 3 aromatic carbocycles. The van der Waals surface area contributed by atoms with Crippen molar-refractivity contribution in [1.29, 1.82) is 0 Å². The van der Waals surface area contributed by atoms with Crippen LogP contribution in [-0.2, 0) is 9.59 Å². The number of hydrogen-bond donors (Lipinski definition) is 1. The topological polar surface area (TPSA) is 88.3 Å². The molecule has 1 aromatic heterocycles. The minimum Gasteiger partial charge on any atom is -0.482 e. The van der Waals surface area contributed by atoms with E-state index in [0.717, 1.165) is 17.8 Å². The van der Waals surface area contributed by atoms with E-state index in [0.29, 0.717) is 34.8 Å². The quantitative estimate of drug-likeness (QED) is 0.415. The Kier molecular flexibility index (Phi) is 5.84. The third-order valence-electron chi connectivity index (χ3n) is 6.13. The van der Waals surface area contributed by atoms with E-state index in [2.05, 4.69) is 10.3 Å². The van der Waals surface area contributed by atoms with Gasteiger partial charge in [-0.05, 0) is 43.3 Å². The summed E-state index contributed by atoms with van der Waals surface area (Å²) in [6, 6.07) is 15.7. The van der Waals surface area contributed by atoms with Gasteiger partial charge in [0.2, 0.25) is 4.80 Å². The van der Waals surface area contributed by atoms with Crippen molar-refractivity contribution in [3.63, 3.8) is 0 Å². The van der Waals surface area contributed by atoms with Crippen LogP contribution in [0.3, 0.4) is 0 Å². The molecule has 4 aromatic rings. The maximum Gasteiger partial charge on any atom is 0.279 e. The van der Waals surface area contributed by atoms with Gasteiger partial charge in [-0.3, -0.25) is 9.59 Å². The highest BCUT2D eigenvalue weighted by Gasteiger charge is 2.33. The van der Waals surface area contributed by atoms with E-state index in [9.17, 15) is 18.4 Å². The molecule has 1 N–H and O–H groups in total. The smallest absolute Gasteiger partial charge is 0.279 e. The molecule has 0 atom stereocenters. The van der Waals surface area contributed by atoms with Crippen molar-refractivity contribution in [2.75, 3.05) is 23.4 Å². The number of aromatic nitrogens is 1. The van der Waals surface area contributed by atoms with Gasteiger partial charge in [0.25, 0.3) is 11.8 Å². The summed E-state index contributed by atoms with van der Waals surface area (Å²) in [5, 5.41) is 9.27. The average molecular weight is 532 g/mol. The zero-order valence-corrected chi connectivity index (χ0v) is 20.8. The molecular weight excluding hydrogens is 512 g/mol. The molecule has 11 heteroatoms. The van der Waals surface area contributed by atoms with E-state index >= 15 is 0 Å². The van der Waals surface area contributed by atoms with Crippen molar-refractivity contribution in [2.45, 2.75) is 6.92 Å². The van der Waals surface area contributed by atoms with Crippen LogP contribution in [0.1, 0.15) is 12.5 Å². The molecule has 2 aliphatic heterocycles. The number of ether oxygens (including phenoxy) is 1. The van der Waals surface area contributed by atoms with Crippen molar-refractivity contribution < 1.29 is 23.1 Å². The lowest BCUT2D eigenvalue weighted by Gasteiger charge is -2.18. The Labute approximate surface area is 219 Å². The van der Waals surface area contributed by atoms with Crippen molar-refractivity contribution in [2.24, 2.45) is 10.1 Å². The molecule has 0 spiro atoms. The van der Waals surface area contributed by atoms with E-state index in [1.807, 2.05) is 31.2 Å². The Morgan fingerprint density at radius 1 is 1.08 bits per heavy atom. The normalized spacial score (nSPS) is 15.9. The van der Waals surface area contributed by atoms with Gasteiger partial charge in [0, 0.05) is 29.1 Å². The molecule has 2 amide bonds. The van der Waals surface area contributed by atoms with Crippen molar-refractivity contribution in [3.05, 3.63) is 88.0 Å². The monoisotopic (exact) mass is 531 g/mol. The lowest BCUT2D eigenvalue weighted by Crippen LogP contribution is -2.30. The second kappa shape index (κ2) is 9.34. The fourth-order valence-corrected chi connectivity index (χ4v) is 5.20. The van der Waals surface area contributed by atoms with Crippen LogP contribution in [0.5, 0.6) is 5.75 Å². The Balaban J connectivity index is 1.57. The molecule has 190 valence electrons. The third kappa shape index (κ3) is 4.06. The van der Waals surface area contributed by atoms with Crippen LogP contribution in [0.2, 0.25) is 0 Å². The van der Waals surface area contributed by atoms with E-state index in [-0.39, 0.29) is 34.6 Å². The molecule has 0 aliphatic carbocycles. The molecule has 8 nitrogen and oxygen atoms in total. The number of hydrogen-bond acceptors (Lipinski definition) is 6. The fraction of sp³-hybridized carbons (Fsp3) is 0.111. The van der Waals surface area contributed by atoms with Crippen LogP contribution >= 0.6 is 11.3 Å². The Morgan fingerprint density at radius 2 is 1.92 bits per heavy atom. The molecule has 2 aliphatic rings. The predicted octanol–water partition coefficient (Wildman–Crippen LogP) is 4.68. The Morgan fingerprint density at radius 3 is 2.74 bits per heavy atom. The average Bonchev–Trinajstić information content (AvgIpc) is 3.43. The van der Waals surface area contributed by atoms with Gasteiger partial charge in [0.05, 0.1) is 17.1 Å². The minimum atomic E-state index is -0.827. The number of fused-ring (bicyclic) bond motifs is 2. The van der Waals surface area contributed by atoms with Gasteiger partial charge >= 0.3 is 0 Å². The lowest BCUT2D eigenvalue weighted by molar-refractivity contribution is -0.118. The number of para-hydroxylation sites is 1. The Bertz CT molecular complexity index is 1730. The van der Waals surface area contributed by atoms with Gasteiger partial charge in [-0.15, -0.1) is 11.3 Å². The highest BCUT2D eigenvalue weighted by molar-refractivity contribution is 7.07. The van der Waals surface area contributed by atoms with E-state index < -0.39 is 11.6 Å². The number of carbonyl (C=O) groups is 2. The predicted molar refractivity (Wildman–Crippen MR) is 140 cm³/mol. The van der Waals surface area contributed by atoms with Gasteiger partial charge in [0.1, 0.15) is 17.3 Å². The van der Waals surface area contributed by atoms with E-state index in [1.165, 1.54) is 22.1 Å². The van der Waals surface area contributed by atoms with Crippen LogP contribution in [0, 0.1) is 11.6 Å². The number of carbonyl (C=O) groups excluding carboxylic acids is 2. The molecule has 0 saturated carbocycles. The number of rotatable bonds is 4. The van der Waals surface area contributed by atoms with Gasteiger partial charge in [-0.2, -0.15) is 5.10 Å². The SMILES string of the molecule is CCN1C(=O)C(=Nn2c(-c3ccc4c(c3)NC(=O)CO4)csc2=Nc2ccc(F)cc2F)c2ccccc21. The van der Waals surface area contributed by atoms with Crippen LogP contribution in [-0.4, -0.2) is 35.4 Å². The Hall–Kier alpha value is -4.64. The maximum atomic E-state index is 14.5. The fourth-order valence-electron chi connectivity index (χ4n) is 4.36. The molecule has 0 radical (unpaired) electrons. The largest absolute Gasteiger partial charge is 0.482 e. The summed E-state index contributed by atoms with van der Waals surface area (Å²) >= 11 is 1.17. The second-order valence-corrected chi connectivity index (χ2v) is 9.32. The van der Waals surface area contributed by atoms with Crippen LogP contribution in [0.15, 0.2) is 76.1 Å². The van der Waals surface area contributed by atoms with Gasteiger partial charge in [-0.25, -0.2) is 18.4 Å². The molecule has 0 fully saturated rings. The molecule has 3 heterocycles. The lowest BCUT2D eigenvalue weighted by atomic mass is 10.1.